The molecule has 3 aliphatic rings. The highest BCUT2D eigenvalue weighted by atomic mass is 19.1. The van der Waals surface area contributed by atoms with Gasteiger partial charge in [-0.05, 0) is 54.0 Å². The fraction of sp³-hybridized carbons (Fsp3) is 0.344. The van der Waals surface area contributed by atoms with E-state index in [0.717, 1.165) is 61.9 Å². The number of nitrogens with zero attached hydrogens (tertiary/aromatic N) is 7. The van der Waals surface area contributed by atoms with Crippen molar-refractivity contribution in [1.29, 1.82) is 5.26 Å². The summed E-state index contributed by atoms with van der Waals surface area (Å²) in [4.78, 5) is 30.5. The van der Waals surface area contributed by atoms with Gasteiger partial charge >= 0.3 is 12.0 Å². The quantitative estimate of drug-likeness (QED) is 0.210. The Kier molecular flexibility index (Phi) is 7.41. The molecular formula is C32H30FN7O4. The van der Waals surface area contributed by atoms with Gasteiger partial charge in [-0.1, -0.05) is 6.07 Å². The van der Waals surface area contributed by atoms with Crippen LogP contribution in [-0.2, 0) is 29.2 Å². The lowest BCUT2D eigenvalue weighted by Gasteiger charge is -2.28. The van der Waals surface area contributed by atoms with Crippen molar-refractivity contribution >= 4 is 22.8 Å². The average molecular weight is 596 g/mol. The van der Waals surface area contributed by atoms with Crippen molar-refractivity contribution in [3.8, 4) is 12.1 Å². The van der Waals surface area contributed by atoms with Gasteiger partial charge < -0.3 is 23.7 Å². The van der Waals surface area contributed by atoms with E-state index in [1.54, 1.807) is 18.3 Å². The number of anilines is 1. The van der Waals surface area contributed by atoms with Crippen molar-refractivity contribution in [2.45, 2.75) is 32.2 Å². The van der Waals surface area contributed by atoms with Crippen LogP contribution in [0.25, 0.3) is 11.0 Å². The van der Waals surface area contributed by atoms with Crippen LogP contribution in [0.1, 0.15) is 33.7 Å². The molecule has 0 spiro atoms. The number of nitriles is 1. The third-order valence-corrected chi connectivity index (χ3v) is 8.37. The highest BCUT2D eigenvalue weighted by Crippen LogP contribution is 2.31. The number of hydrogen-bond acceptors (Lipinski definition) is 10. The third kappa shape index (κ3) is 5.47. The largest absolute Gasteiger partial charge is 0.465 e. The Balaban J connectivity index is 1.00. The number of benzene rings is 2. The maximum Gasteiger partial charge on any atom is 0.337 e. The number of halogens is 1. The summed E-state index contributed by atoms with van der Waals surface area (Å²) in [6.07, 6.45) is 2.80. The molecule has 0 aliphatic carbocycles. The van der Waals surface area contributed by atoms with E-state index in [1.807, 2.05) is 24.3 Å². The molecule has 1 atom stereocenters. The van der Waals surface area contributed by atoms with Crippen LogP contribution >= 0.6 is 0 Å². The highest BCUT2D eigenvalue weighted by Gasteiger charge is 2.32. The van der Waals surface area contributed by atoms with Crippen LogP contribution < -0.4 is 9.64 Å². The van der Waals surface area contributed by atoms with E-state index in [1.165, 1.54) is 30.4 Å². The van der Waals surface area contributed by atoms with E-state index in [4.69, 9.17) is 24.5 Å². The molecular weight excluding hydrogens is 565 g/mol. The second-order valence-corrected chi connectivity index (χ2v) is 11.2. The van der Waals surface area contributed by atoms with Crippen LogP contribution in [0.15, 0.2) is 59.8 Å². The summed E-state index contributed by atoms with van der Waals surface area (Å²) in [5, 5.41) is 8.94. The van der Waals surface area contributed by atoms with Gasteiger partial charge in [-0.2, -0.15) is 10.2 Å². The van der Waals surface area contributed by atoms with Crippen LogP contribution in [0.2, 0.25) is 0 Å². The molecule has 0 amide bonds. The fourth-order valence-corrected chi connectivity index (χ4v) is 5.96. The second kappa shape index (κ2) is 11.7. The van der Waals surface area contributed by atoms with Crippen molar-refractivity contribution in [2.75, 3.05) is 44.8 Å². The summed E-state index contributed by atoms with van der Waals surface area (Å²) in [6.45, 7) is 5.27. The first-order valence-electron chi connectivity index (χ1n) is 14.5. The normalized spacial score (nSPS) is 17.9. The molecule has 0 radical (unpaired) electrons. The van der Waals surface area contributed by atoms with Crippen LogP contribution in [0.3, 0.4) is 0 Å². The number of rotatable bonds is 9. The minimum absolute atomic E-state index is 0.0354. The Labute approximate surface area is 253 Å². The molecule has 0 bridgehead atoms. The minimum atomic E-state index is -0.497. The summed E-state index contributed by atoms with van der Waals surface area (Å²) >= 11 is 0. The molecule has 3 aliphatic heterocycles. The van der Waals surface area contributed by atoms with Gasteiger partial charge in [-0.15, -0.1) is 0 Å². The zero-order chi connectivity index (χ0) is 30.2. The van der Waals surface area contributed by atoms with Crippen LogP contribution in [-0.4, -0.2) is 76.4 Å². The van der Waals surface area contributed by atoms with Crippen molar-refractivity contribution in [3.05, 3.63) is 88.1 Å². The van der Waals surface area contributed by atoms with Crippen molar-refractivity contribution in [1.82, 2.24) is 24.4 Å². The molecule has 224 valence electrons. The van der Waals surface area contributed by atoms with Gasteiger partial charge in [-0.3, -0.25) is 4.90 Å². The Morgan fingerprint density at radius 2 is 1.93 bits per heavy atom. The molecule has 12 heteroatoms. The standard InChI is InChI=1S/C32H30FN7O4/c1-42-31(41)21-4-5-27-28(11-21)40(17-25-7-9-43-25)30(36-27)18-38-13-23-15-39(16-24(23)14-38)29-6-8-35-32(37-29)44-19-22-3-2-20(12-34)10-26(22)33/h2-6,8,10-11,25H,7,9,13-19H2,1H3/t25-/m0/s1. The number of aromatic nitrogens is 4. The van der Waals surface area contributed by atoms with E-state index in [-0.39, 0.29) is 30.3 Å². The molecule has 7 rings (SSSR count). The first-order valence-corrected chi connectivity index (χ1v) is 14.5. The Morgan fingerprint density at radius 3 is 2.64 bits per heavy atom. The number of carbonyl (C=O) groups is 1. The van der Waals surface area contributed by atoms with E-state index < -0.39 is 5.82 Å². The first-order chi connectivity index (χ1) is 21.5. The van der Waals surface area contributed by atoms with Crippen LogP contribution in [0.4, 0.5) is 10.2 Å². The van der Waals surface area contributed by atoms with Crippen molar-refractivity contribution < 1.29 is 23.4 Å². The van der Waals surface area contributed by atoms with E-state index >= 15 is 0 Å². The minimum Gasteiger partial charge on any atom is -0.465 e. The zero-order valence-corrected chi connectivity index (χ0v) is 24.2. The number of imidazole rings is 1. The van der Waals surface area contributed by atoms with Crippen molar-refractivity contribution in [2.24, 2.45) is 0 Å². The molecule has 1 fully saturated rings. The number of carbonyl (C=O) groups excluding carboxylic acids is 1. The molecule has 2 aromatic carbocycles. The van der Waals surface area contributed by atoms with Gasteiger partial charge in [0.15, 0.2) is 0 Å². The Hall–Kier alpha value is -4.86. The van der Waals surface area contributed by atoms with Crippen LogP contribution in [0.5, 0.6) is 6.01 Å². The summed E-state index contributed by atoms with van der Waals surface area (Å²) in [6, 6.07) is 13.7. The lowest BCUT2D eigenvalue weighted by molar-refractivity contribution is -0.0591. The third-order valence-electron chi connectivity index (χ3n) is 8.37. The van der Waals surface area contributed by atoms with Crippen molar-refractivity contribution in [3.63, 3.8) is 0 Å². The Morgan fingerprint density at radius 1 is 1.11 bits per heavy atom. The van der Waals surface area contributed by atoms with Gasteiger partial charge in [0.1, 0.15) is 24.1 Å². The summed E-state index contributed by atoms with van der Waals surface area (Å²) in [5.41, 5.74) is 5.58. The smallest absolute Gasteiger partial charge is 0.337 e. The monoisotopic (exact) mass is 595 g/mol. The van der Waals surface area contributed by atoms with Crippen LogP contribution in [0, 0.1) is 17.1 Å². The van der Waals surface area contributed by atoms with E-state index in [9.17, 15) is 9.18 Å². The highest BCUT2D eigenvalue weighted by molar-refractivity contribution is 5.93. The molecule has 0 unspecified atom stereocenters. The maximum atomic E-state index is 14.3. The number of esters is 1. The molecule has 0 N–H and O–H groups in total. The zero-order valence-electron chi connectivity index (χ0n) is 24.2. The lowest BCUT2D eigenvalue weighted by atomic mass is 10.1. The predicted octanol–water partition coefficient (Wildman–Crippen LogP) is 3.62. The molecule has 0 saturated carbocycles. The molecule has 11 nitrogen and oxygen atoms in total. The summed E-state index contributed by atoms with van der Waals surface area (Å²) < 4.78 is 32.8. The predicted molar refractivity (Wildman–Crippen MR) is 157 cm³/mol. The summed E-state index contributed by atoms with van der Waals surface area (Å²) in [7, 11) is 1.39. The first kappa shape index (κ1) is 27.9. The Bertz CT molecular complexity index is 1810. The second-order valence-electron chi connectivity index (χ2n) is 11.2. The van der Waals surface area contributed by atoms with Gasteiger partial charge in [0, 0.05) is 44.5 Å². The van der Waals surface area contributed by atoms with Gasteiger partial charge in [-0.25, -0.2) is 19.2 Å². The lowest BCUT2D eigenvalue weighted by Crippen LogP contribution is -2.33. The SMILES string of the molecule is COC(=O)c1ccc2nc(CN3CC4=C(C3)CN(c3ccnc(OCc5ccc(C#N)cc5F)n3)C4)n(C[C@@H]3CCO3)c2c1. The van der Waals surface area contributed by atoms with E-state index in [0.29, 0.717) is 24.2 Å². The topological polar surface area (TPSA) is 119 Å². The summed E-state index contributed by atoms with van der Waals surface area (Å²) in [5.74, 6) is 0.836. The number of hydrogen-bond donors (Lipinski definition) is 0. The molecule has 5 heterocycles. The van der Waals surface area contributed by atoms with Gasteiger partial charge in [0.25, 0.3) is 0 Å². The molecule has 4 aromatic rings. The fourth-order valence-electron chi connectivity index (χ4n) is 5.96. The number of fused-ring (bicyclic) bond motifs is 1. The number of methoxy groups -OCH3 is 1. The van der Waals surface area contributed by atoms with Gasteiger partial charge in [0.2, 0.25) is 0 Å². The average Bonchev–Trinajstić information content (AvgIpc) is 3.69. The molecule has 44 heavy (non-hydrogen) atoms. The molecule has 1 saturated heterocycles. The number of ether oxygens (including phenoxy) is 3. The van der Waals surface area contributed by atoms with E-state index in [2.05, 4.69) is 24.3 Å². The van der Waals surface area contributed by atoms with Gasteiger partial charge in [0.05, 0.1) is 54.5 Å². The molecule has 2 aromatic heterocycles. The maximum absolute atomic E-state index is 14.3.